The molecule has 9 nitrogen and oxygen atoms in total. The topological polar surface area (TPSA) is 147 Å². The van der Waals surface area contributed by atoms with E-state index in [9.17, 15) is 24.0 Å². The molecule has 0 radical (unpaired) electrons. The lowest BCUT2D eigenvalue weighted by Crippen LogP contribution is -2.53. The number of ketones is 2. The summed E-state index contributed by atoms with van der Waals surface area (Å²) in [6.07, 6.45) is 1.94. The summed E-state index contributed by atoms with van der Waals surface area (Å²) < 4.78 is 0. The van der Waals surface area contributed by atoms with Gasteiger partial charge in [-0.25, -0.2) is 4.79 Å². The van der Waals surface area contributed by atoms with Gasteiger partial charge in [-0.15, -0.1) is 0 Å². The number of nitrogens with two attached hydrogens (primary N) is 1. The van der Waals surface area contributed by atoms with E-state index in [2.05, 4.69) is 16.0 Å². The Morgan fingerprint density at radius 3 is 2.00 bits per heavy atom. The summed E-state index contributed by atoms with van der Waals surface area (Å²) in [5, 5.41) is 7.88. The number of Topliss-reactive ketones (excluding diaryl/α,β-unsaturated/α-hetero) is 2. The van der Waals surface area contributed by atoms with E-state index in [1.165, 1.54) is 0 Å². The van der Waals surface area contributed by atoms with Crippen molar-refractivity contribution < 1.29 is 24.0 Å². The summed E-state index contributed by atoms with van der Waals surface area (Å²) in [5.41, 5.74) is 5.03. The van der Waals surface area contributed by atoms with Crippen molar-refractivity contribution in [3.8, 4) is 0 Å². The van der Waals surface area contributed by atoms with Gasteiger partial charge < -0.3 is 21.7 Å². The van der Waals surface area contributed by atoms with Crippen LogP contribution < -0.4 is 21.7 Å². The highest BCUT2D eigenvalue weighted by Gasteiger charge is 2.28. The molecule has 2 atom stereocenters. The second kappa shape index (κ2) is 14.5. The van der Waals surface area contributed by atoms with Crippen molar-refractivity contribution >= 4 is 29.4 Å². The number of rotatable bonds is 15. The molecule has 0 saturated heterocycles. The normalized spacial score (nSPS) is 12.9. The Labute approximate surface area is 179 Å². The van der Waals surface area contributed by atoms with E-state index < -0.39 is 24.0 Å². The van der Waals surface area contributed by atoms with E-state index in [1.807, 2.05) is 6.92 Å². The summed E-state index contributed by atoms with van der Waals surface area (Å²) in [7, 11) is 0. The van der Waals surface area contributed by atoms with Crippen molar-refractivity contribution in [2.24, 2.45) is 17.6 Å². The van der Waals surface area contributed by atoms with E-state index in [4.69, 9.17) is 5.73 Å². The lowest BCUT2D eigenvalue weighted by atomic mass is 9.99. The van der Waals surface area contributed by atoms with E-state index in [0.29, 0.717) is 32.2 Å². The quantitative estimate of drug-likeness (QED) is 0.292. The fraction of sp³-hybridized carbons (Fsp3) is 0.762. The molecule has 0 unspecified atom stereocenters. The van der Waals surface area contributed by atoms with Crippen molar-refractivity contribution in [2.45, 2.75) is 85.2 Å². The van der Waals surface area contributed by atoms with Crippen molar-refractivity contribution in [3.05, 3.63) is 0 Å². The van der Waals surface area contributed by atoms with Gasteiger partial charge in [0.2, 0.25) is 11.8 Å². The second-order valence-corrected chi connectivity index (χ2v) is 8.12. The fourth-order valence-corrected chi connectivity index (χ4v) is 2.82. The second-order valence-electron chi connectivity index (χ2n) is 8.12. The van der Waals surface area contributed by atoms with E-state index in [-0.39, 0.29) is 42.2 Å². The molecule has 30 heavy (non-hydrogen) atoms. The largest absolute Gasteiger partial charge is 0.352 e. The summed E-state index contributed by atoms with van der Waals surface area (Å²) in [4.78, 5) is 59.9. The third-order valence-corrected chi connectivity index (χ3v) is 4.68. The number of primary amides is 1. The predicted molar refractivity (Wildman–Crippen MR) is 115 cm³/mol. The molecule has 0 aromatic carbocycles. The summed E-state index contributed by atoms with van der Waals surface area (Å²) in [6.45, 7) is 9.32. The molecule has 9 heteroatoms. The molecular formula is C21H38N4O5. The first kappa shape index (κ1) is 27.5. The Balaban J connectivity index is 4.96. The van der Waals surface area contributed by atoms with Crippen LogP contribution in [-0.4, -0.2) is 48.0 Å². The zero-order valence-corrected chi connectivity index (χ0v) is 18.9. The van der Waals surface area contributed by atoms with E-state index in [1.54, 1.807) is 27.7 Å². The Hall–Kier alpha value is -2.45. The number of nitrogens with one attached hydrogen (secondary N) is 3. The number of hydrogen-bond donors (Lipinski definition) is 4. The molecule has 0 aliphatic heterocycles. The molecule has 0 saturated carbocycles. The van der Waals surface area contributed by atoms with Gasteiger partial charge >= 0.3 is 6.03 Å². The minimum Gasteiger partial charge on any atom is -0.352 e. The lowest BCUT2D eigenvalue weighted by Gasteiger charge is -2.25. The molecule has 0 fully saturated rings. The van der Waals surface area contributed by atoms with Gasteiger partial charge in [0, 0.05) is 31.7 Å². The van der Waals surface area contributed by atoms with Crippen LogP contribution in [0.4, 0.5) is 4.79 Å². The van der Waals surface area contributed by atoms with Crippen LogP contribution in [0.15, 0.2) is 0 Å². The molecule has 4 amide bonds. The van der Waals surface area contributed by atoms with Crippen LogP contribution in [0.3, 0.4) is 0 Å². The SMILES string of the molecule is CCCC(=O)[C@H](CCCNC(N)=O)NC(=O)[C@@H](NC(=O)CCC(=O)C(C)C)C(C)C. The van der Waals surface area contributed by atoms with Gasteiger partial charge in [0.05, 0.1) is 6.04 Å². The van der Waals surface area contributed by atoms with Crippen LogP contribution in [0.25, 0.3) is 0 Å². The van der Waals surface area contributed by atoms with Gasteiger partial charge in [0.1, 0.15) is 11.8 Å². The van der Waals surface area contributed by atoms with E-state index >= 15 is 0 Å². The fourth-order valence-electron chi connectivity index (χ4n) is 2.82. The molecule has 0 aliphatic carbocycles. The zero-order chi connectivity index (χ0) is 23.3. The average Bonchev–Trinajstić information content (AvgIpc) is 2.65. The van der Waals surface area contributed by atoms with Gasteiger partial charge in [-0.2, -0.15) is 0 Å². The van der Waals surface area contributed by atoms with Crippen LogP contribution in [0.5, 0.6) is 0 Å². The number of urea groups is 1. The maximum absolute atomic E-state index is 12.8. The van der Waals surface area contributed by atoms with E-state index in [0.717, 1.165) is 0 Å². The third-order valence-electron chi connectivity index (χ3n) is 4.68. The Kier molecular flexibility index (Phi) is 13.3. The van der Waals surface area contributed by atoms with Crippen LogP contribution in [0.2, 0.25) is 0 Å². The summed E-state index contributed by atoms with van der Waals surface area (Å²) >= 11 is 0. The molecule has 0 aliphatic rings. The first-order chi connectivity index (χ1) is 14.0. The molecule has 0 spiro atoms. The number of amides is 4. The molecule has 0 aromatic rings. The highest BCUT2D eigenvalue weighted by atomic mass is 16.2. The third kappa shape index (κ3) is 11.5. The molecule has 0 bridgehead atoms. The first-order valence-corrected chi connectivity index (χ1v) is 10.7. The van der Waals surface area contributed by atoms with Crippen molar-refractivity contribution in [1.29, 1.82) is 0 Å². The average molecular weight is 427 g/mol. The minimum absolute atomic E-state index is 0.00880. The van der Waals surface area contributed by atoms with Crippen molar-refractivity contribution in [1.82, 2.24) is 16.0 Å². The van der Waals surface area contributed by atoms with Gasteiger partial charge in [-0.05, 0) is 25.2 Å². The van der Waals surface area contributed by atoms with Gasteiger partial charge in [0.15, 0.2) is 5.78 Å². The Morgan fingerprint density at radius 1 is 0.867 bits per heavy atom. The van der Waals surface area contributed by atoms with Crippen LogP contribution in [-0.2, 0) is 19.2 Å². The van der Waals surface area contributed by atoms with Crippen molar-refractivity contribution in [2.75, 3.05) is 6.54 Å². The number of carbonyl (C=O) groups is 5. The summed E-state index contributed by atoms with van der Waals surface area (Å²) in [6, 6.07) is -2.16. The molecule has 172 valence electrons. The highest BCUT2D eigenvalue weighted by Crippen LogP contribution is 2.08. The zero-order valence-electron chi connectivity index (χ0n) is 18.9. The van der Waals surface area contributed by atoms with Crippen LogP contribution in [0.1, 0.15) is 73.1 Å². The first-order valence-electron chi connectivity index (χ1n) is 10.7. The van der Waals surface area contributed by atoms with Crippen LogP contribution >= 0.6 is 0 Å². The molecular weight excluding hydrogens is 388 g/mol. The Bertz CT molecular complexity index is 604. The van der Waals surface area contributed by atoms with Crippen LogP contribution in [0, 0.1) is 11.8 Å². The predicted octanol–water partition coefficient (Wildman–Crippen LogP) is 1.44. The molecule has 5 N–H and O–H groups in total. The number of hydrogen-bond acceptors (Lipinski definition) is 5. The smallest absolute Gasteiger partial charge is 0.312 e. The molecule has 0 heterocycles. The highest BCUT2D eigenvalue weighted by molar-refractivity contribution is 5.93. The molecule has 0 rings (SSSR count). The monoisotopic (exact) mass is 426 g/mol. The maximum atomic E-state index is 12.8. The van der Waals surface area contributed by atoms with Gasteiger partial charge in [-0.3, -0.25) is 19.2 Å². The van der Waals surface area contributed by atoms with Gasteiger partial charge in [0.25, 0.3) is 0 Å². The number of carbonyl (C=O) groups excluding carboxylic acids is 5. The van der Waals surface area contributed by atoms with Crippen molar-refractivity contribution in [3.63, 3.8) is 0 Å². The maximum Gasteiger partial charge on any atom is 0.312 e. The van der Waals surface area contributed by atoms with Gasteiger partial charge in [-0.1, -0.05) is 34.6 Å². The minimum atomic E-state index is -0.813. The molecule has 0 aromatic heterocycles. The summed E-state index contributed by atoms with van der Waals surface area (Å²) in [5.74, 6) is -1.26. The Morgan fingerprint density at radius 2 is 1.50 bits per heavy atom. The standard InChI is InChI=1S/C21H38N4O5/c1-6-8-17(27)15(9-7-12-23-21(22)30)24-20(29)19(14(4)5)25-18(28)11-10-16(26)13(2)3/h13-15,19H,6-12H2,1-5H3,(H,24,29)(H,25,28)(H3,22,23,30)/t15-,19-/m0/s1. The lowest BCUT2D eigenvalue weighted by molar-refractivity contribution is -0.133.